The number of hydrogen-bond acceptors (Lipinski definition) is 4. The molecule has 0 N–H and O–H groups in total. The number of benzene rings is 2. The fourth-order valence-electron chi connectivity index (χ4n) is 3.26. The second-order valence-corrected chi connectivity index (χ2v) is 6.37. The molecule has 1 amide bonds. The van der Waals surface area contributed by atoms with Crippen LogP contribution in [0.1, 0.15) is 11.1 Å². The summed E-state index contributed by atoms with van der Waals surface area (Å²) in [4.78, 5) is 21.9. The van der Waals surface area contributed by atoms with Gasteiger partial charge in [0.1, 0.15) is 5.71 Å². The van der Waals surface area contributed by atoms with Crippen LogP contribution in [0.2, 0.25) is 0 Å². The third kappa shape index (κ3) is 3.08. The number of hydrogen-bond donors (Lipinski definition) is 0. The maximum Gasteiger partial charge on any atom is 0.278 e. The van der Waals surface area contributed by atoms with E-state index in [1.165, 1.54) is 0 Å². The average Bonchev–Trinajstić information content (AvgIpc) is 2.90. The third-order valence-electron chi connectivity index (χ3n) is 4.69. The number of amides is 1. The first-order chi connectivity index (χ1) is 12.2. The predicted octanol–water partition coefficient (Wildman–Crippen LogP) is 2.75. The van der Waals surface area contributed by atoms with Gasteiger partial charge in [0.05, 0.1) is 31.3 Å². The molecule has 0 saturated carbocycles. The highest BCUT2D eigenvalue weighted by Crippen LogP contribution is 2.31. The Hall–Kier alpha value is -2.50. The molecule has 5 nitrogen and oxygen atoms in total. The summed E-state index contributed by atoms with van der Waals surface area (Å²) < 4.78 is 5.40. The molecular formula is C20H21N3O2. The van der Waals surface area contributed by atoms with Gasteiger partial charge in [-0.2, -0.15) is 0 Å². The Morgan fingerprint density at radius 3 is 2.56 bits per heavy atom. The third-order valence-corrected chi connectivity index (χ3v) is 4.69. The number of morpholine rings is 1. The van der Waals surface area contributed by atoms with Crippen molar-refractivity contribution in [3.05, 3.63) is 59.7 Å². The Bertz CT molecular complexity index is 825. The van der Waals surface area contributed by atoms with Crippen molar-refractivity contribution in [2.75, 3.05) is 37.9 Å². The van der Waals surface area contributed by atoms with E-state index < -0.39 is 0 Å². The first kappa shape index (κ1) is 16.0. The number of anilines is 1. The lowest BCUT2D eigenvalue weighted by Gasteiger charge is -2.30. The second kappa shape index (κ2) is 6.78. The molecule has 0 atom stereocenters. The van der Waals surface area contributed by atoms with Crippen LogP contribution in [-0.2, 0) is 9.53 Å². The van der Waals surface area contributed by atoms with Gasteiger partial charge in [-0.25, -0.2) is 4.99 Å². The van der Waals surface area contributed by atoms with Gasteiger partial charge in [-0.05, 0) is 24.6 Å². The largest absolute Gasteiger partial charge is 0.379 e. The molecule has 1 saturated heterocycles. The van der Waals surface area contributed by atoms with Crippen LogP contribution >= 0.6 is 0 Å². The van der Waals surface area contributed by atoms with Crippen molar-refractivity contribution < 1.29 is 9.53 Å². The van der Waals surface area contributed by atoms with Crippen LogP contribution in [0.15, 0.2) is 53.5 Å². The minimum atomic E-state index is -0.0315. The summed E-state index contributed by atoms with van der Waals surface area (Å²) in [5.41, 5.74) is 4.27. The molecule has 0 spiro atoms. The number of carbonyl (C=O) groups is 1. The summed E-state index contributed by atoms with van der Waals surface area (Å²) in [5.74, 6) is -0.0315. The molecule has 0 bridgehead atoms. The smallest absolute Gasteiger partial charge is 0.278 e. The van der Waals surface area contributed by atoms with Crippen LogP contribution in [0.5, 0.6) is 0 Å². The Kier molecular flexibility index (Phi) is 4.34. The lowest BCUT2D eigenvalue weighted by Crippen LogP contribution is -2.45. The first-order valence-corrected chi connectivity index (χ1v) is 8.60. The van der Waals surface area contributed by atoms with Crippen LogP contribution in [0.3, 0.4) is 0 Å². The molecule has 2 heterocycles. The Morgan fingerprint density at radius 1 is 1.04 bits per heavy atom. The number of aryl methyl sites for hydroxylation is 1. The van der Waals surface area contributed by atoms with E-state index in [0.717, 1.165) is 35.6 Å². The standard InChI is InChI=1S/C20H21N3O2/c1-15-6-2-4-8-17(15)21-19-16-7-3-5-9-18(16)23(20(19)24)14-22-10-12-25-13-11-22/h2-9H,10-14H2,1H3. The van der Waals surface area contributed by atoms with E-state index >= 15 is 0 Å². The molecule has 0 aliphatic carbocycles. The van der Waals surface area contributed by atoms with Crippen molar-refractivity contribution in [3.63, 3.8) is 0 Å². The van der Waals surface area contributed by atoms with Crippen LogP contribution in [0, 0.1) is 6.92 Å². The molecule has 2 aliphatic heterocycles. The normalized spacial score (nSPS) is 19.5. The van der Waals surface area contributed by atoms with E-state index in [0.29, 0.717) is 25.6 Å². The van der Waals surface area contributed by atoms with E-state index in [1.807, 2.05) is 60.4 Å². The SMILES string of the molecule is Cc1ccccc1N=C1C(=O)N(CN2CCOCC2)c2ccccc21. The summed E-state index contributed by atoms with van der Waals surface area (Å²) in [7, 11) is 0. The van der Waals surface area contributed by atoms with Gasteiger partial charge < -0.3 is 4.74 Å². The van der Waals surface area contributed by atoms with E-state index in [4.69, 9.17) is 9.73 Å². The molecule has 1 fully saturated rings. The maximum atomic E-state index is 13.1. The molecule has 0 aromatic heterocycles. The van der Waals surface area contributed by atoms with Gasteiger partial charge in [0, 0.05) is 18.7 Å². The second-order valence-electron chi connectivity index (χ2n) is 6.37. The van der Waals surface area contributed by atoms with Crippen LogP contribution in [0.25, 0.3) is 0 Å². The van der Waals surface area contributed by atoms with Crippen molar-refractivity contribution in [2.45, 2.75) is 6.92 Å². The van der Waals surface area contributed by atoms with Crippen LogP contribution < -0.4 is 4.90 Å². The first-order valence-electron chi connectivity index (χ1n) is 8.60. The van der Waals surface area contributed by atoms with Crippen molar-refractivity contribution in [1.82, 2.24) is 4.90 Å². The molecule has 0 unspecified atom stereocenters. The quantitative estimate of drug-likeness (QED) is 0.866. The summed E-state index contributed by atoms with van der Waals surface area (Å²) >= 11 is 0. The fraction of sp³-hybridized carbons (Fsp3) is 0.300. The monoisotopic (exact) mass is 335 g/mol. The fourth-order valence-corrected chi connectivity index (χ4v) is 3.26. The lowest BCUT2D eigenvalue weighted by atomic mass is 10.1. The topological polar surface area (TPSA) is 45.1 Å². The minimum Gasteiger partial charge on any atom is -0.379 e. The van der Waals surface area contributed by atoms with Gasteiger partial charge >= 0.3 is 0 Å². The number of ether oxygens (including phenoxy) is 1. The van der Waals surface area contributed by atoms with E-state index in [9.17, 15) is 4.79 Å². The maximum absolute atomic E-state index is 13.1. The highest BCUT2D eigenvalue weighted by molar-refractivity contribution is 6.54. The summed E-state index contributed by atoms with van der Waals surface area (Å²) in [6.07, 6.45) is 0. The zero-order valence-corrected chi connectivity index (χ0v) is 14.3. The Morgan fingerprint density at radius 2 is 1.76 bits per heavy atom. The summed E-state index contributed by atoms with van der Waals surface area (Å²) in [6, 6.07) is 15.8. The number of nitrogens with zero attached hydrogens (tertiary/aromatic N) is 3. The zero-order valence-electron chi connectivity index (χ0n) is 14.3. The highest BCUT2D eigenvalue weighted by Gasteiger charge is 2.34. The van der Waals surface area contributed by atoms with Gasteiger partial charge in [-0.1, -0.05) is 36.4 Å². The molecule has 2 aromatic rings. The van der Waals surface area contributed by atoms with Crippen molar-refractivity contribution >= 4 is 23.0 Å². The number of fused-ring (bicyclic) bond motifs is 1. The molecule has 2 aliphatic rings. The van der Waals surface area contributed by atoms with E-state index in [-0.39, 0.29) is 5.91 Å². The Labute approximate surface area is 147 Å². The van der Waals surface area contributed by atoms with Gasteiger partial charge in [-0.15, -0.1) is 0 Å². The Balaban J connectivity index is 1.70. The average molecular weight is 335 g/mol. The molecule has 4 rings (SSSR count). The van der Waals surface area contributed by atoms with Crippen molar-refractivity contribution in [1.29, 1.82) is 0 Å². The van der Waals surface area contributed by atoms with E-state index in [2.05, 4.69) is 4.90 Å². The highest BCUT2D eigenvalue weighted by atomic mass is 16.5. The van der Waals surface area contributed by atoms with Crippen molar-refractivity contribution in [3.8, 4) is 0 Å². The van der Waals surface area contributed by atoms with Gasteiger partial charge in [0.15, 0.2) is 0 Å². The summed E-state index contributed by atoms with van der Waals surface area (Å²) in [6.45, 7) is 5.70. The van der Waals surface area contributed by atoms with Crippen LogP contribution in [-0.4, -0.2) is 49.5 Å². The number of carbonyl (C=O) groups excluding carboxylic acids is 1. The van der Waals surface area contributed by atoms with Gasteiger partial charge in [0.2, 0.25) is 0 Å². The molecule has 128 valence electrons. The summed E-state index contributed by atoms with van der Waals surface area (Å²) in [5, 5.41) is 0. The molecular weight excluding hydrogens is 314 g/mol. The molecule has 2 aromatic carbocycles. The minimum absolute atomic E-state index is 0.0315. The number of rotatable bonds is 3. The van der Waals surface area contributed by atoms with E-state index in [1.54, 1.807) is 0 Å². The van der Waals surface area contributed by atoms with Gasteiger partial charge in [-0.3, -0.25) is 14.6 Å². The van der Waals surface area contributed by atoms with Crippen LogP contribution in [0.4, 0.5) is 11.4 Å². The lowest BCUT2D eigenvalue weighted by molar-refractivity contribution is -0.112. The zero-order chi connectivity index (χ0) is 17.2. The van der Waals surface area contributed by atoms with Gasteiger partial charge in [0.25, 0.3) is 5.91 Å². The van der Waals surface area contributed by atoms with Crippen molar-refractivity contribution in [2.24, 2.45) is 4.99 Å². The predicted molar refractivity (Wildman–Crippen MR) is 98.6 cm³/mol. The number of para-hydroxylation sites is 2. The molecule has 25 heavy (non-hydrogen) atoms. The molecule has 0 radical (unpaired) electrons. The molecule has 5 heteroatoms. The number of aliphatic imine (C=N–C) groups is 1.